The van der Waals surface area contributed by atoms with Gasteiger partial charge in [-0.15, -0.1) is 0 Å². The van der Waals surface area contributed by atoms with Gasteiger partial charge in [-0.1, -0.05) is 6.92 Å². The van der Waals surface area contributed by atoms with Gasteiger partial charge in [0.15, 0.2) is 0 Å². The summed E-state index contributed by atoms with van der Waals surface area (Å²) in [7, 11) is 1.71. The molecule has 0 saturated carbocycles. The van der Waals surface area contributed by atoms with Gasteiger partial charge in [0, 0.05) is 13.7 Å². The second-order valence-corrected chi connectivity index (χ2v) is 4.34. The molecule has 1 aliphatic rings. The van der Waals surface area contributed by atoms with Crippen LogP contribution in [0.2, 0.25) is 0 Å². The zero-order chi connectivity index (χ0) is 10.4. The second-order valence-electron chi connectivity index (χ2n) is 4.34. The van der Waals surface area contributed by atoms with Crippen LogP contribution in [0.1, 0.15) is 26.2 Å². The predicted octanol–water partition coefficient (Wildman–Crippen LogP) is 1.02. The minimum atomic E-state index is -0.146. The van der Waals surface area contributed by atoms with Gasteiger partial charge in [0.1, 0.15) is 0 Å². The average molecular weight is 201 g/mol. The van der Waals surface area contributed by atoms with Gasteiger partial charge in [-0.2, -0.15) is 0 Å². The molecule has 0 aromatic rings. The summed E-state index contributed by atoms with van der Waals surface area (Å²) >= 11 is 0. The Labute approximate surface area is 86.8 Å². The van der Waals surface area contributed by atoms with E-state index in [0.29, 0.717) is 11.8 Å². The van der Waals surface area contributed by atoms with Crippen LogP contribution in [-0.2, 0) is 4.74 Å². The normalized spacial score (nSPS) is 23.4. The molecule has 2 N–H and O–H groups in total. The van der Waals surface area contributed by atoms with Gasteiger partial charge >= 0.3 is 0 Å². The Hall–Kier alpha value is -0.120. The Morgan fingerprint density at radius 2 is 2.07 bits per heavy atom. The van der Waals surface area contributed by atoms with Crippen molar-refractivity contribution < 1.29 is 9.84 Å². The van der Waals surface area contributed by atoms with Crippen LogP contribution in [0.4, 0.5) is 0 Å². The van der Waals surface area contributed by atoms with Crippen LogP contribution in [-0.4, -0.2) is 38.0 Å². The van der Waals surface area contributed by atoms with E-state index in [1.165, 1.54) is 0 Å². The summed E-state index contributed by atoms with van der Waals surface area (Å²) in [4.78, 5) is 0. The van der Waals surface area contributed by atoms with Crippen molar-refractivity contribution >= 4 is 0 Å². The highest BCUT2D eigenvalue weighted by Gasteiger charge is 2.25. The van der Waals surface area contributed by atoms with Crippen LogP contribution in [0.25, 0.3) is 0 Å². The molecule has 0 radical (unpaired) electrons. The maximum absolute atomic E-state index is 10.1. The van der Waals surface area contributed by atoms with Crippen molar-refractivity contribution in [2.24, 2.45) is 11.8 Å². The first-order valence-corrected chi connectivity index (χ1v) is 5.63. The summed E-state index contributed by atoms with van der Waals surface area (Å²) in [5.74, 6) is 0.848. The fourth-order valence-electron chi connectivity index (χ4n) is 2.12. The second kappa shape index (κ2) is 6.38. The van der Waals surface area contributed by atoms with Crippen molar-refractivity contribution in [3.8, 4) is 0 Å². The Morgan fingerprint density at radius 1 is 1.43 bits per heavy atom. The van der Waals surface area contributed by atoms with Crippen LogP contribution < -0.4 is 5.32 Å². The highest BCUT2D eigenvalue weighted by atomic mass is 16.5. The van der Waals surface area contributed by atoms with Gasteiger partial charge in [-0.25, -0.2) is 0 Å². The summed E-state index contributed by atoms with van der Waals surface area (Å²) in [6.45, 7) is 4.98. The molecular formula is C11H23NO2. The summed E-state index contributed by atoms with van der Waals surface area (Å²) in [5.41, 5.74) is 0. The third kappa shape index (κ3) is 3.56. The Morgan fingerprint density at radius 3 is 2.64 bits per heavy atom. The van der Waals surface area contributed by atoms with E-state index in [1.807, 2.05) is 0 Å². The van der Waals surface area contributed by atoms with Gasteiger partial charge in [-0.3, -0.25) is 0 Å². The molecule has 0 aromatic carbocycles. The number of rotatable bonds is 5. The molecule has 0 amide bonds. The minimum absolute atomic E-state index is 0.146. The summed E-state index contributed by atoms with van der Waals surface area (Å²) in [5, 5.41) is 13.4. The maximum atomic E-state index is 10.1. The van der Waals surface area contributed by atoms with E-state index in [-0.39, 0.29) is 6.10 Å². The smallest absolute Gasteiger partial charge is 0.0595 e. The van der Waals surface area contributed by atoms with Crippen LogP contribution in [0.5, 0.6) is 0 Å². The first-order chi connectivity index (χ1) is 6.75. The number of nitrogens with one attached hydrogen (secondary N) is 1. The van der Waals surface area contributed by atoms with Gasteiger partial charge < -0.3 is 15.2 Å². The van der Waals surface area contributed by atoms with E-state index in [9.17, 15) is 5.11 Å². The fraction of sp³-hybridized carbons (Fsp3) is 1.00. The molecule has 1 saturated heterocycles. The highest BCUT2D eigenvalue weighted by molar-refractivity contribution is 4.78. The summed E-state index contributed by atoms with van der Waals surface area (Å²) in [6, 6.07) is 0. The number of methoxy groups -OCH3 is 1. The molecule has 2 atom stereocenters. The minimum Gasteiger partial charge on any atom is -0.393 e. The molecule has 84 valence electrons. The predicted molar refractivity (Wildman–Crippen MR) is 57.3 cm³/mol. The standard InChI is InChI=1S/C11H23NO2/c1-9(5-8-14-2)11(13)10-3-6-12-7-4-10/h9-13H,3-8H2,1-2H3. The number of aliphatic hydroxyl groups excluding tert-OH is 1. The van der Waals surface area contributed by atoms with Crippen LogP contribution >= 0.6 is 0 Å². The van der Waals surface area contributed by atoms with E-state index < -0.39 is 0 Å². The third-order valence-corrected chi connectivity index (χ3v) is 3.23. The molecule has 3 heteroatoms. The van der Waals surface area contributed by atoms with Gasteiger partial charge in [-0.05, 0) is 44.2 Å². The lowest BCUT2D eigenvalue weighted by molar-refractivity contribution is 0.0295. The Balaban J connectivity index is 2.26. The van der Waals surface area contributed by atoms with Crippen molar-refractivity contribution in [2.75, 3.05) is 26.8 Å². The third-order valence-electron chi connectivity index (χ3n) is 3.23. The molecule has 2 unspecified atom stereocenters. The van der Waals surface area contributed by atoms with Crippen molar-refractivity contribution in [1.29, 1.82) is 0 Å². The molecule has 0 spiro atoms. The van der Waals surface area contributed by atoms with Gasteiger partial charge in [0.05, 0.1) is 6.10 Å². The van der Waals surface area contributed by atoms with E-state index >= 15 is 0 Å². The SMILES string of the molecule is COCCC(C)C(O)C1CCNCC1. The topological polar surface area (TPSA) is 41.5 Å². The largest absolute Gasteiger partial charge is 0.393 e. The first kappa shape index (κ1) is 12.0. The zero-order valence-corrected chi connectivity index (χ0v) is 9.33. The van der Waals surface area contributed by atoms with E-state index in [0.717, 1.165) is 39.0 Å². The molecule has 1 fully saturated rings. The van der Waals surface area contributed by atoms with E-state index in [2.05, 4.69) is 12.2 Å². The molecular weight excluding hydrogens is 178 g/mol. The van der Waals surface area contributed by atoms with E-state index in [1.54, 1.807) is 7.11 Å². The van der Waals surface area contributed by atoms with Crippen LogP contribution in [0, 0.1) is 11.8 Å². The van der Waals surface area contributed by atoms with Crippen LogP contribution in [0.3, 0.4) is 0 Å². The molecule has 1 heterocycles. The van der Waals surface area contributed by atoms with Crippen LogP contribution in [0.15, 0.2) is 0 Å². The van der Waals surface area contributed by atoms with Crippen molar-refractivity contribution in [3.63, 3.8) is 0 Å². The summed E-state index contributed by atoms with van der Waals surface area (Å²) in [6.07, 6.45) is 3.03. The first-order valence-electron chi connectivity index (χ1n) is 5.63. The fourth-order valence-corrected chi connectivity index (χ4v) is 2.12. The number of piperidine rings is 1. The molecule has 3 nitrogen and oxygen atoms in total. The zero-order valence-electron chi connectivity index (χ0n) is 9.33. The van der Waals surface area contributed by atoms with E-state index in [4.69, 9.17) is 4.74 Å². The Bertz CT molecular complexity index is 146. The monoisotopic (exact) mass is 201 g/mol. The van der Waals surface area contributed by atoms with Crippen molar-refractivity contribution in [3.05, 3.63) is 0 Å². The number of hydrogen-bond acceptors (Lipinski definition) is 3. The number of aliphatic hydroxyl groups is 1. The molecule has 1 rings (SSSR count). The molecule has 0 bridgehead atoms. The lowest BCUT2D eigenvalue weighted by atomic mass is 9.84. The lowest BCUT2D eigenvalue weighted by Gasteiger charge is -2.30. The molecule has 0 aromatic heterocycles. The van der Waals surface area contributed by atoms with Gasteiger partial charge in [0.2, 0.25) is 0 Å². The van der Waals surface area contributed by atoms with Crippen molar-refractivity contribution in [2.45, 2.75) is 32.3 Å². The number of hydrogen-bond donors (Lipinski definition) is 2. The lowest BCUT2D eigenvalue weighted by Crippen LogP contribution is -2.37. The highest BCUT2D eigenvalue weighted by Crippen LogP contribution is 2.23. The quantitative estimate of drug-likeness (QED) is 0.698. The molecule has 14 heavy (non-hydrogen) atoms. The molecule has 0 aliphatic carbocycles. The maximum Gasteiger partial charge on any atom is 0.0595 e. The molecule has 1 aliphatic heterocycles. The Kier molecular flexibility index (Phi) is 5.45. The average Bonchev–Trinajstić information content (AvgIpc) is 2.26. The van der Waals surface area contributed by atoms with Gasteiger partial charge in [0.25, 0.3) is 0 Å². The number of ether oxygens (including phenoxy) is 1. The summed E-state index contributed by atoms with van der Waals surface area (Å²) < 4.78 is 5.03. The van der Waals surface area contributed by atoms with Crippen molar-refractivity contribution in [1.82, 2.24) is 5.32 Å².